The van der Waals surface area contributed by atoms with Crippen molar-refractivity contribution >= 4 is 17.6 Å². The molecule has 26 heavy (non-hydrogen) atoms. The van der Waals surface area contributed by atoms with Gasteiger partial charge in [0.25, 0.3) is 0 Å². The molecule has 0 aromatic heterocycles. The number of para-hydroxylation sites is 2. The third kappa shape index (κ3) is 5.89. The van der Waals surface area contributed by atoms with Gasteiger partial charge in [0.2, 0.25) is 5.91 Å². The van der Waals surface area contributed by atoms with Crippen LogP contribution in [0.4, 0.5) is 10.5 Å². The van der Waals surface area contributed by atoms with E-state index in [1.807, 2.05) is 30.1 Å². The van der Waals surface area contributed by atoms with Gasteiger partial charge >= 0.3 is 6.03 Å². The maximum atomic E-state index is 12.0. The molecule has 8 nitrogen and oxygen atoms in total. The van der Waals surface area contributed by atoms with Crippen LogP contribution in [-0.2, 0) is 9.53 Å². The number of likely N-dealkylation sites (N-methyl/N-ethyl adjacent to an activating group) is 2. The fraction of sp³-hybridized carbons (Fsp3) is 0.556. The molecule has 8 heteroatoms. The van der Waals surface area contributed by atoms with Crippen molar-refractivity contribution in [1.82, 2.24) is 15.5 Å². The molecule has 144 valence electrons. The highest BCUT2D eigenvalue weighted by molar-refractivity contribution is 5.95. The van der Waals surface area contributed by atoms with Crippen LogP contribution in [0.25, 0.3) is 0 Å². The van der Waals surface area contributed by atoms with E-state index in [2.05, 4.69) is 28.5 Å². The minimum atomic E-state index is -0.513. The number of methoxy groups -OCH3 is 1. The number of fused-ring (bicyclic) bond motifs is 1. The van der Waals surface area contributed by atoms with Crippen LogP contribution < -0.4 is 20.3 Å². The summed E-state index contributed by atoms with van der Waals surface area (Å²) in [6.07, 6.45) is -0.0434. The average Bonchev–Trinajstić information content (AvgIpc) is 2.60. The van der Waals surface area contributed by atoms with Gasteiger partial charge in [-0.05, 0) is 26.1 Å². The Morgan fingerprint density at radius 2 is 2.15 bits per heavy atom. The van der Waals surface area contributed by atoms with Crippen LogP contribution in [0.5, 0.6) is 5.75 Å². The molecule has 1 heterocycles. The summed E-state index contributed by atoms with van der Waals surface area (Å²) >= 11 is 0. The van der Waals surface area contributed by atoms with Crippen molar-refractivity contribution < 1.29 is 19.1 Å². The molecule has 2 rings (SSSR count). The number of urea groups is 1. The van der Waals surface area contributed by atoms with Crippen LogP contribution in [-0.4, -0.2) is 76.4 Å². The van der Waals surface area contributed by atoms with Gasteiger partial charge in [-0.2, -0.15) is 0 Å². The largest absolute Gasteiger partial charge is 0.485 e. The fourth-order valence-corrected chi connectivity index (χ4v) is 2.91. The van der Waals surface area contributed by atoms with Crippen molar-refractivity contribution in [2.24, 2.45) is 0 Å². The van der Waals surface area contributed by atoms with E-state index in [0.29, 0.717) is 19.7 Å². The Balaban J connectivity index is 1.80. The molecule has 1 aromatic rings. The van der Waals surface area contributed by atoms with Gasteiger partial charge in [-0.15, -0.1) is 0 Å². The molecule has 0 radical (unpaired) electrons. The summed E-state index contributed by atoms with van der Waals surface area (Å²) in [7, 11) is 3.38. The molecule has 0 spiro atoms. The molecule has 0 unspecified atom stereocenters. The van der Waals surface area contributed by atoms with E-state index in [9.17, 15) is 9.59 Å². The number of nitrogens with one attached hydrogen (secondary N) is 2. The number of carbonyl (C=O) groups is 2. The lowest BCUT2D eigenvalue weighted by Gasteiger charge is -2.37. The summed E-state index contributed by atoms with van der Waals surface area (Å²) in [6, 6.07) is 7.45. The number of ether oxygens (including phenoxy) is 2. The predicted octanol–water partition coefficient (Wildman–Crippen LogP) is 0.678. The summed E-state index contributed by atoms with van der Waals surface area (Å²) in [6.45, 7) is 5.22. The number of hydrogen-bond acceptors (Lipinski definition) is 6. The number of imide groups is 1. The molecule has 0 fully saturated rings. The highest BCUT2D eigenvalue weighted by Gasteiger charge is 2.26. The second-order valence-corrected chi connectivity index (χ2v) is 6.24. The molecule has 1 aliphatic rings. The number of rotatable bonds is 8. The van der Waals surface area contributed by atoms with E-state index < -0.39 is 6.03 Å². The van der Waals surface area contributed by atoms with Crippen molar-refractivity contribution in [1.29, 1.82) is 0 Å². The number of benzene rings is 1. The molecule has 1 aliphatic heterocycles. The summed E-state index contributed by atoms with van der Waals surface area (Å²) in [4.78, 5) is 27.6. The fourth-order valence-electron chi connectivity index (χ4n) is 2.91. The predicted molar refractivity (Wildman–Crippen MR) is 99.7 cm³/mol. The first-order valence-corrected chi connectivity index (χ1v) is 8.79. The van der Waals surface area contributed by atoms with E-state index in [0.717, 1.165) is 24.5 Å². The number of carbonyl (C=O) groups excluding carboxylic acids is 2. The first-order chi connectivity index (χ1) is 12.5. The zero-order valence-corrected chi connectivity index (χ0v) is 15.7. The van der Waals surface area contributed by atoms with Crippen molar-refractivity contribution in [2.45, 2.75) is 13.0 Å². The van der Waals surface area contributed by atoms with Crippen LogP contribution in [0.2, 0.25) is 0 Å². The molecular formula is C18H28N4O4. The maximum Gasteiger partial charge on any atom is 0.321 e. The summed E-state index contributed by atoms with van der Waals surface area (Å²) < 4.78 is 10.9. The van der Waals surface area contributed by atoms with Crippen LogP contribution in [0.3, 0.4) is 0 Å². The zero-order chi connectivity index (χ0) is 18.9. The second kappa shape index (κ2) is 9.98. The first kappa shape index (κ1) is 20.0. The Morgan fingerprint density at radius 1 is 1.38 bits per heavy atom. The molecular weight excluding hydrogens is 336 g/mol. The first-order valence-electron chi connectivity index (χ1n) is 8.79. The van der Waals surface area contributed by atoms with E-state index >= 15 is 0 Å². The molecule has 0 aliphatic carbocycles. The lowest BCUT2D eigenvalue weighted by molar-refractivity contribution is -0.121. The molecule has 3 amide bonds. The van der Waals surface area contributed by atoms with Gasteiger partial charge in [0.05, 0.1) is 25.4 Å². The zero-order valence-electron chi connectivity index (χ0n) is 15.7. The highest BCUT2D eigenvalue weighted by Crippen LogP contribution is 2.32. The lowest BCUT2D eigenvalue weighted by Crippen LogP contribution is -2.49. The molecule has 2 N–H and O–H groups in total. The second-order valence-electron chi connectivity index (χ2n) is 6.24. The molecule has 1 aromatic carbocycles. The summed E-state index contributed by atoms with van der Waals surface area (Å²) in [5.41, 5.74) is 1.10. The van der Waals surface area contributed by atoms with E-state index in [-0.39, 0.29) is 18.6 Å². The number of anilines is 1. The Kier molecular flexibility index (Phi) is 7.68. The SMILES string of the molecule is CCN1C[C@@H](CN(C)CC(=O)NC(=O)NCCOC)Oc2ccccc21. The minimum absolute atomic E-state index is 0.0434. The van der Waals surface area contributed by atoms with Gasteiger partial charge < -0.3 is 19.7 Å². The topological polar surface area (TPSA) is 83.1 Å². The van der Waals surface area contributed by atoms with Gasteiger partial charge in [-0.1, -0.05) is 12.1 Å². The quantitative estimate of drug-likeness (QED) is 0.660. The van der Waals surface area contributed by atoms with Crippen LogP contribution in [0, 0.1) is 0 Å². The third-order valence-electron chi connectivity index (χ3n) is 4.08. The molecule has 1 atom stereocenters. The Bertz CT molecular complexity index is 611. The number of nitrogens with zero attached hydrogens (tertiary/aromatic N) is 2. The van der Waals surface area contributed by atoms with E-state index in [4.69, 9.17) is 9.47 Å². The van der Waals surface area contributed by atoms with Crippen molar-refractivity contribution in [3.8, 4) is 5.75 Å². The van der Waals surface area contributed by atoms with E-state index in [1.54, 1.807) is 7.11 Å². The summed E-state index contributed by atoms with van der Waals surface area (Å²) in [5, 5.41) is 4.85. The monoisotopic (exact) mass is 364 g/mol. The number of amides is 3. The minimum Gasteiger partial charge on any atom is -0.485 e. The molecule has 0 bridgehead atoms. The van der Waals surface area contributed by atoms with E-state index in [1.165, 1.54) is 0 Å². The number of hydrogen-bond donors (Lipinski definition) is 2. The van der Waals surface area contributed by atoms with Crippen molar-refractivity contribution in [2.75, 3.05) is 58.4 Å². The third-order valence-corrected chi connectivity index (χ3v) is 4.08. The highest BCUT2D eigenvalue weighted by atomic mass is 16.5. The van der Waals surface area contributed by atoms with Crippen LogP contribution in [0.1, 0.15) is 6.92 Å². The average molecular weight is 364 g/mol. The smallest absolute Gasteiger partial charge is 0.321 e. The Hall–Kier alpha value is -2.32. The van der Waals surface area contributed by atoms with Gasteiger partial charge in [0, 0.05) is 26.7 Å². The maximum absolute atomic E-state index is 12.0. The Labute approximate surface area is 154 Å². The van der Waals surface area contributed by atoms with Gasteiger partial charge in [0.1, 0.15) is 11.9 Å². The Morgan fingerprint density at radius 3 is 2.88 bits per heavy atom. The van der Waals surface area contributed by atoms with Gasteiger partial charge in [-0.3, -0.25) is 15.0 Å². The van der Waals surface area contributed by atoms with Crippen molar-refractivity contribution in [3.63, 3.8) is 0 Å². The standard InChI is InChI=1S/C18H28N4O4/c1-4-22-12-14(26-16-8-6-5-7-15(16)22)11-21(2)13-17(23)20-18(24)19-9-10-25-3/h5-8,14H,4,9-13H2,1-3H3,(H2,19,20,23,24)/t14-/m1/s1. The summed E-state index contributed by atoms with van der Waals surface area (Å²) in [5.74, 6) is 0.506. The van der Waals surface area contributed by atoms with Crippen LogP contribution >= 0.6 is 0 Å². The molecule has 0 saturated heterocycles. The van der Waals surface area contributed by atoms with Crippen LogP contribution in [0.15, 0.2) is 24.3 Å². The normalized spacial score (nSPS) is 16.0. The lowest BCUT2D eigenvalue weighted by atomic mass is 10.2. The molecule has 0 saturated carbocycles. The van der Waals surface area contributed by atoms with Crippen molar-refractivity contribution in [3.05, 3.63) is 24.3 Å². The van der Waals surface area contributed by atoms with Gasteiger partial charge in [0.15, 0.2) is 0 Å². The van der Waals surface area contributed by atoms with Gasteiger partial charge in [-0.25, -0.2) is 4.79 Å².